The number of nitrogens with one attached hydrogen (secondary N) is 1. The predicted octanol–water partition coefficient (Wildman–Crippen LogP) is 3.74. The van der Waals surface area contributed by atoms with Crippen molar-refractivity contribution in [2.75, 3.05) is 11.9 Å². The Morgan fingerprint density at radius 2 is 2.07 bits per heavy atom. The number of halogens is 1. The number of hydrogen-bond donors (Lipinski definition) is 1. The van der Waals surface area contributed by atoms with Gasteiger partial charge in [-0.15, -0.1) is 0 Å². The van der Waals surface area contributed by atoms with Gasteiger partial charge in [0, 0.05) is 12.2 Å². The van der Waals surface area contributed by atoms with E-state index in [2.05, 4.69) is 5.32 Å². The fraction of sp³-hybridized carbons (Fsp3) is 0.538. The molecule has 0 heterocycles. The number of rotatable bonds is 3. The van der Waals surface area contributed by atoms with E-state index in [4.69, 9.17) is 0 Å². The van der Waals surface area contributed by atoms with E-state index in [0.29, 0.717) is 5.56 Å². The van der Waals surface area contributed by atoms with Crippen LogP contribution in [0.1, 0.15) is 31.2 Å². The van der Waals surface area contributed by atoms with Gasteiger partial charge < -0.3 is 5.32 Å². The molecule has 82 valence electrons. The maximum Gasteiger partial charge on any atom is 0.126 e. The lowest BCUT2D eigenvalue weighted by Gasteiger charge is -2.12. The van der Waals surface area contributed by atoms with Crippen LogP contribution in [0.4, 0.5) is 10.1 Å². The Labute approximate surface area is 90.7 Å². The highest BCUT2D eigenvalue weighted by Gasteiger charge is 2.14. The molecule has 2 rings (SSSR count). The van der Waals surface area contributed by atoms with E-state index in [9.17, 15) is 4.39 Å². The molecule has 1 fully saturated rings. The molecule has 0 atom stereocenters. The van der Waals surface area contributed by atoms with Crippen molar-refractivity contribution in [3.8, 4) is 0 Å². The van der Waals surface area contributed by atoms with Crippen molar-refractivity contribution in [2.24, 2.45) is 5.92 Å². The number of hydrogen-bond acceptors (Lipinski definition) is 1. The summed E-state index contributed by atoms with van der Waals surface area (Å²) in [7, 11) is 0. The largest absolute Gasteiger partial charge is 0.385 e. The second-order valence-corrected chi connectivity index (χ2v) is 4.50. The van der Waals surface area contributed by atoms with Crippen LogP contribution in [0.25, 0.3) is 0 Å². The molecule has 0 aromatic heterocycles. The fourth-order valence-corrected chi connectivity index (χ4v) is 2.23. The zero-order valence-electron chi connectivity index (χ0n) is 9.22. The van der Waals surface area contributed by atoms with Crippen LogP contribution in [-0.4, -0.2) is 6.54 Å². The van der Waals surface area contributed by atoms with Crippen LogP contribution in [0.2, 0.25) is 0 Å². The van der Waals surface area contributed by atoms with Gasteiger partial charge in [-0.2, -0.15) is 0 Å². The molecule has 0 radical (unpaired) electrons. The topological polar surface area (TPSA) is 12.0 Å². The molecule has 0 bridgehead atoms. The van der Waals surface area contributed by atoms with Crippen molar-refractivity contribution in [1.29, 1.82) is 0 Å². The molecule has 1 aromatic rings. The molecule has 1 N–H and O–H groups in total. The van der Waals surface area contributed by atoms with Crippen molar-refractivity contribution in [3.05, 3.63) is 29.6 Å². The van der Waals surface area contributed by atoms with E-state index in [1.54, 1.807) is 6.92 Å². The van der Waals surface area contributed by atoms with Gasteiger partial charge in [-0.3, -0.25) is 0 Å². The first kappa shape index (κ1) is 10.5. The standard InChI is InChI=1S/C13H18FN/c1-10-8-12(6-7-13(10)14)15-9-11-4-2-3-5-11/h6-8,11,15H,2-5,9H2,1H3. The lowest BCUT2D eigenvalue weighted by atomic mass is 10.1. The average Bonchev–Trinajstić information content (AvgIpc) is 2.73. The van der Waals surface area contributed by atoms with Gasteiger partial charge in [0.15, 0.2) is 0 Å². The molecule has 2 heteroatoms. The summed E-state index contributed by atoms with van der Waals surface area (Å²) in [6.07, 6.45) is 5.42. The summed E-state index contributed by atoms with van der Waals surface area (Å²) >= 11 is 0. The first-order valence-electron chi connectivity index (χ1n) is 5.76. The van der Waals surface area contributed by atoms with E-state index in [1.807, 2.05) is 12.1 Å². The van der Waals surface area contributed by atoms with Gasteiger partial charge in [0.1, 0.15) is 5.82 Å². The first-order chi connectivity index (χ1) is 7.25. The molecule has 1 nitrogen and oxygen atoms in total. The summed E-state index contributed by atoms with van der Waals surface area (Å²) in [4.78, 5) is 0. The van der Waals surface area contributed by atoms with Crippen molar-refractivity contribution in [3.63, 3.8) is 0 Å². The predicted molar refractivity (Wildman–Crippen MR) is 61.6 cm³/mol. The minimum absolute atomic E-state index is 0.124. The monoisotopic (exact) mass is 207 g/mol. The van der Waals surface area contributed by atoms with Gasteiger partial charge in [0.25, 0.3) is 0 Å². The number of aryl methyl sites for hydroxylation is 1. The molecule has 0 aliphatic heterocycles. The smallest absolute Gasteiger partial charge is 0.126 e. The van der Waals surface area contributed by atoms with Crippen LogP contribution >= 0.6 is 0 Å². The summed E-state index contributed by atoms with van der Waals surface area (Å²) in [5.74, 6) is 0.691. The lowest BCUT2D eigenvalue weighted by molar-refractivity contribution is 0.579. The molecule has 15 heavy (non-hydrogen) atoms. The summed E-state index contributed by atoms with van der Waals surface area (Å²) in [6, 6.07) is 5.23. The van der Waals surface area contributed by atoms with Crippen molar-refractivity contribution >= 4 is 5.69 Å². The van der Waals surface area contributed by atoms with Crippen molar-refractivity contribution in [2.45, 2.75) is 32.6 Å². The molecule has 1 aromatic carbocycles. The highest BCUT2D eigenvalue weighted by Crippen LogP contribution is 2.25. The third kappa shape index (κ3) is 2.71. The first-order valence-corrected chi connectivity index (χ1v) is 5.76. The molecule has 0 spiro atoms. The van der Waals surface area contributed by atoms with Crippen molar-refractivity contribution < 1.29 is 4.39 Å². The summed E-state index contributed by atoms with van der Waals surface area (Å²) in [6.45, 7) is 2.83. The average molecular weight is 207 g/mol. The molecule has 0 unspecified atom stereocenters. The number of benzene rings is 1. The molecule has 0 saturated heterocycles. The van der Waals surface area contributed by atoms with E-state index >= 15 is 0 Å². The summed E-state index contributed by atoms with van der Waals surface area (Å²) < 4.78 is 13.0. The third-order valence-corrected chi connectivity index (χ3v) is 3.23. The Bertz CT molecular complexity index is 329. The molecular formula is C13H18FN. The molecule has 1 aliphatic rings. The van der Waals surface area contributed by atoms with Crippen LogP contribution in [0.3, 0.4) is 0 Å². The maximum absolute atomic E-state index is 13.0. The van der Waals surface area contributed by atoms with E-state index in [-0.39, 0.29) is 5.82 Å². The highest BCUT2D eigenvalue weighted by molar-refractivity contribution is 5.45. The minimum Gasteiger partial charge on any atom is -0.385 e. The maximum atomic E-state index is 13.0. The quantitative estimate of drug-likeness (QED) is 0.796. The zero-order valence-corrected chi connectivity index (χ0v) is 9.22. The minimum atomic E-state index is -0.124. The highest BCUT2D eigenvalue weighted by atomic mass is 19.1. The van der Waals surface area contributed by atoms with Gasteiger partial charge in [0.05, 0.1) is 0 Å². The second-order valence-electron chi connectivity index (χ2n) is 4.50. The normalized spacial score (nSPS) is 16.9. The van der Waals surface area contributed by atoms with Crippen LogP contribution in [0.5, 0.6) is 0 Å². The van der Waals surface area contributed by atoms with E-state index in [1.165, 1.54) is 31.7 Å². The Morgan fingerprint density at radius 3 is 2.73 bits per heavy atom. The van der Waals surface area contributed by atoms with Crippen LogP contribution < -0.4 is 5.32 Å². The SMILES string of the molecule is Cc1cc(NCC2CCCC2)ccc1F. The second kappa shape index (κ2) is 4.65. The Kier molecular flexibility index (Phi) is 3.24. The third-order valence-electron chi connectivity index (χ3n) is 3.23. The molecule has 1 saturated carbocycles. The number of anilines is 1. The Morgan fingerprint density at radius 1 is 1.33 bits per heavy atom. The van der Waals surface area contributed by atoms with Gasteiger partial charge >= 0.3 is 0 Å². The summed E-state index contributed by atoms with van der Waals surface area (Å²) in [5.41, 5.74) is 1.76. The van der Waals surface area contributed by atoms with E-state index < -0.39 is 0 Å². The van der Waals surface area contributed by atoms with Crippen LogP contribution in [0, 0.1) is 18.7 Å². The van der Waals surface area contributed by atoms with E-state index in [0.717, 1.165) is 18.2 Å². The van der Waals surface area contributed by atoms with Crippen molar-refractivity contribution in [1.82, 2.24) is 0 Å². The fourth-order valence-electron chi connectivity index (χ4n) is 2.23. The summed E-state index contributed by atoms with van der Waals surface area (Å²) in [5, 5.41) is 3.39. The molecule has 0 amide bonds. The zero-order chi connectivity index (χ0) is 10.7. The lowest BCUT2D eigenvalue weighted by Crippen LogP contribution is -2.10. The van der Waals surface area contributed by atoms with Gasteiger partial charge in [-0.1, -0.05) is 12.8 Å². The van der Waals surface area contributed by atoms with Gasteiger partial charge in [-0.05, 0) is 49.4 Å². The molecular weight excluding hydrogens is 189 g/mol. The van der Waals surface area contributed by atoms with Crippen LogP contribution in [0.15, 0.2) is 18.2 Å². The molecule has 1 aliphatic carbocycles. The van der Waals surface area contributed by atoms with Gasteiger partial charge in [-0.25, -0.2) is 4.39 Å². The van der Waals surface area contributed by atoms with Gasteiger partial charge in [0.2, 0.25) is 0 Å². The Balaban J connectivity index is 1.90. The van der Waals surface area contributed by atoms with Crippen LogP contribution in [-0.2, 0) is 0 Å². The Hall–Kier alpha value is -1.05.